The standard InChI is InChI=1S/C12H12O4/c1-8-6-9-10(15-7-14-2)4-3-5-11(9)16-12(8)13/h3-6H,7H2,1-2H3. The van der Waals surface area contributed by atoms with Gasteiger partial charge in [0.15, 0.2) is 6.79 Å². The summed E-state index contributed by atoms with van der Waals surface area (Å²) in [6.45, 7) is 1.87. The second-order valence-corrected chi connectivity index (χ2v) is 3.44. The van der Waals surface area contributed by atoms with Crippen LogP contribution in [-0.4, -0.2) is 13.9 Å². The predicted octanol–water partition coefficient (Wildman–Crippen LogP) is 2.08. The van der Waals surface area contributed by atoms with Crippen LogP contribution in [0.15, 0.2) is 33.5 Å². The molecule has 2 rings (SSSR count). The van der Waals surface area contributed by atoms with Crippen LogP contribution < -0.4 is 10.4 Å². The van der Waals surface area contributed by atoms with Gasteiger partial charge in [-0.15, -0.1) is 0 Å². The first-order valence-corrected chi connectivity index (χ1v) is 4.87. The minimum absolute atomic E-state index is 0.164. The van der Waals surface area contributed by atoms with Crippen LogP contribution in [0.25, 0.3) is 11.0 Å². The van der Waals surface area contributed by atoms with E-state index in [1.165, 1.54) is 0 Å². The normalized spacial score (nSPS) is 10.6. The summed E-state index contributed by atoms with van der Waals surface area (Å²) in [6, 6.07) is 7.06. The third-order valence-corrected chi connectivity index (χ3v) is 2.24. The molecule has 0 aliphatic heterocycles. The van der Waals surface area contributed by atoms with E-state index < -0.39 is 0 Å². The molecule has 0 bridgehead atoms. The fourth-order valence-electron chi connectivity index (χ4n) is 1.46. The molecule has 0 saturated heterocycles. The molecule has 4 heteroatoms. The van der Waals surface area contributed by atoms with Crippen molar-refractivity contribution in [1.82, 2.24) is 0 Å². The lowest BCUT2D eigenvalue weighted by molar-refractivity contribution is 0.0522. The highest BCUT2D eigenvalue weighted by Crippen LogP contribution is 2.24. The number of methoxy groups -OCH3 is 1. The van der Waals surface area contributed by atoms with Crippen LogP contribution in [-0.2, 0) is 4.74 Å². The maximum absolute atomic E-state index is 11.3. The molecular weight excluding hydrogens is 208 g/mol. The number of hydrogen-bond donors (Lipinski definition) is 0. The van der Waals surface area contributed by atoms with Crippen molar-refractivity contribution in [3.63, 3.8) is 0 Å². The van der Waals surface area contributed by atoms with Crippen LogP contribution in [0.5, 0.6) is 5.75 Å². The molecule has 0 saturated carbocycles. The summed E-state index contributed by atoms with van der Waals surface area (Å²) in [4.78, 5) is 11.3. The zero-order valence-corrected chi connectivity index (χ0v) is 9.15. The van der Waals surface area contributed by atoms with Crippen molar-refractivity contribution >= 4 is 11.0 Å². The summed E-state index contributed by atoms with van der Waals surface area (Å²) in [6.07, 6.45) is 0. The molecule has 0 aliphatic rings. The van der Waals surface area contributed by atoms with Crippen molar-refractivity contribution in [3.05, 3.63) is 40.2 Å². The smallest absolute Gasteiger partial charge is 0.339 e. The maximum Gasteiger partial charge on any atom is 0.339 e. The van der Waals surface area contributed by atoms with Gasteiger partial charge in [0, 0.05) is 12.7 Å². The molecule has 0 amide bonds. The molecule has 0 aliphatic carbocycles. The van der Waals surface area contributed by atoms with Gasteiger partial charge in [0.1, 0.15) is 11.3 Å². The highest BCUT2D eigenvalue weighted by molar-refractivity contribution is 5.83. The molecule has 0 spiro atoms. The largest absolute Gasteiger partial charge is 0.467 e. The molecule has 2 aromatic rings. The second kappa shape index (κ2) is 4.37. The van der Waals surface area contributed by atoms with E-state index in [0.717, 1.165) is 5.39 Å². The van der Waals surface area contributed by atoms with Gasteiger partial charge in [0.25, 0.3) is 0 Å². The fraction of sp³-hybridized carbons (Fsp3) is 0.250. The average molecular weight is 220 g/mol. The zero-order valence-electron chi connectivity index (χ0n) is 9.15. The summed E-state index contributed by atoms with van der Waals surface area (Å²) in [5.74, 6) is 0.645. The number of ether oxygens (including phenoxy) is 2. The van der Waals surface area contributed by atoms with Gasteiger partial charge in [-0.25, -0.2) is 4.79 Å². The van der Waals surface area contributed by atoms with E-state index in [2.05, 4.69) is 0 Å². The van der Waals surface area contributed by atoms with E-state index in [4.69, 9.17) is 13.9 Å². The predicted molar refractivity (Wildman–Crippen MR) is 59.7 cm³/mol. The molecule has 1 heterocycles. The first kappa shape index (κ1) is 10.7. The van der Waals surface area contributed by atoms with Crippen molar-refractivity contribution < 1.29 is 13.9 Å². The van der Waals surface area contributed by atoms with Crippen LogP contribution in [0.3, 0.4) is 0 Å². The first-order valence-electron chi connectivity index (χ1n) is 4.87. The van der Waals surface area contributed by atoms with Gasteiger partial charge in [-0.05, 0) is 25.1 Å². The number of rotatable bonds is 3. The number of hydrogen-bond acceptors (Lipinski definition) is 4. The second-order valence-electron chi connectivity index (χ2n) is 3.44. The molecule has 1 aromatic carbocycles. The quantitative estimate of drug-likeness (QED) is 0.587. The lowest BCUT2D eigenvalue weighted by atomic mass is 10.2. The maximum atomic E-state index is 11.3. The molecule has 4 nitrogen and oxygen atoms in total. The molecule has 0 N–H and O–H groups in total. The Labute approximate surface area is 92.4 Å². The van der Waals surface area contributed by atoms with Gasteiger partial charge < -0.3 is 13.9 Å². The Balaban J connectivity index is 2.58. The Morgan fingerprint density at radius 3 is 2.94 bits per heavy atom. The Morgan fingerprint density at radius 1 is 1.38 bits per heavy atom. The Morgan fingerprint density at radius 2 is 2.19 bits per heavy atom. The lowest BCUT2D eigenvalue weighted by Gasteiger charge is -2.07. The van der Waals surface area contributed by atoms with Gasteiger partial charge in [0.05, 0.1) is 5.39 Å². The summed E-state index contributed by atoms with van der Waals surface area (Å²) in [5.41, 5.74) is 0.751. The molecule has 0 atom stereocenters. The zero-order chi connectivity index (χ0) is 11.5. The monoisotopic (exact) mass is 220 g/mol. The van der Waals surface area contributed by atoms with E-state index in [1.807, 2.05) is 0 Å². The van der Waals surface area contributed by atoms with Crippen molar-refractivity contribution in [3.8, 4) is 5.75 Å². The Hall–Kier alpha value is -1.81. The minimum Gasteiger partial charge on any atom is -0.467 e. The van der Waals surface area contributed by atoms with Crippen molar-refractivity contribution in [2.24, 2.45) is 0 Å². The topological polar surface area (TPSA) is 48.7 Å². The summed E-state index contributed by atoms with van der Waals surface area (Å²) in [7, 11) is 1.55. The van der Waals surface area contributed by atoms with Crippen LogP contribution in [0.2, 0.25) is 0 Å². The van der Waals surface area contributed by atoms with Gasteiger partial charge >= 0.3 is 5.63 Å². The molecule has 16 heavy (non-hydrogen) atoms. The summed E-state index contributed by atoms with van der Waals surface area (Å²) >= 11 is 0. The molecule has 0 unspecified atom stereocenters. The van der Waals surface area contributed by atoms with Gasteiger partial charge in [-0.3, -0.25) is 0 Å². The van der Waals surface area contributed by atoms with Gasteiger partial charge in [-0.1, -0.05) is 6.07 Å². The molecule has 1 aromatic heterocycles. The van der Waals surface area contributed by atoms with E-state index in [1.54, 1.807) is 38.3 Å². The Bertz CT molecular complexity index is 556. The van der Waals surface area contributed by atoms with Crippen molar-refractivity contribution in [2.45, 2.75) is 6.92 Å². The van der Waals surface area contributed by atoms with Gasteiger partial charge in [-0.2, -0.15) is 0 Å². The molecule has 84 valence electrons. The van der Waals surface area contributed by atoms with Gasteiger partial charge in [0.2, 0.25) is 0 Å². The SMILES string of the molecule is COCOc1cccc2oc(=O)c(C)cc12. The van der Waals surface area contributed by atoms with E-state index in [9.17, 15) is 4.79 Å². The molecule has 0 fully saturated rings. The van der Waals surface area contributed by atoms with Crippen molar-refractivity contribution in [2.75, 3.05) is 13.9 Å². The highest BCUT2D eigenvalue weighted by atomic mass is 16.7. The minimum atomic E-state index is -0.323. The molecular formula is C12H12O4. The third kappa shape index (κ3) is 1.92. The summed E-state index contributed by atoms with van der Waals surface area (Å²) < 4.78 is 15.3. The van der Waals surface area contributed by atoms with E-state index in [-0.39, 0.29) is 12.4 Å². The summed E-state index contributed by atoms with van der Waals surface area (Å²) in [5, 5.41) is 0.775. The number of aryl methyl sites for hydroxylation is 1. The van der Waals surface area contributed by atoms with Crippen molar-refractivity contribution in [1.29, 1.82) is 0 Å². The fourth-order valence-corrected chi connectivity index (χ4v) is 1.46. The average Bonchev–Trinajstić information content (AvgIpc) is 2.28. The lowest BCUT2D eigenvalue weighted by Crippen LogP contribution is -2.04. The third-order valence-electron chi connectivity index (χ3n) is 2.24. The first-order chi connectivity index (χ1) is 7.72. The van der Waals surface area contributed by atoms with Crippen LogP contribution in [0.4, 0.5) is 0 Å². The van der Waals surface area contributed by atoms with Crippen LogP contribution in [0.1, 0.15) is 5.56 Å². The molecule has 0 radical (unpaired) electrons. The number of fused-ring (bicyclic) bond motifs is 1. The Kier molecular flexibility index (Phi) is 2.92. The van der Waals surface area contributed by atoms with Crippen LogP contribution in [0, 0.1) is 6.92 Å². The van der Waals surface area contributed by atoms with Crippen LogP contribution >= 0.6 is 0 Å². The van der Waals surface area contributed by atoms with E-state index in [0.29, 0.717) is 16.9 Å². The van der Waals surface area contributed by atoms with E-state index >= 15 is 0 Å². The highest BCUT2D eigenvalue weighted by Gasteiger charge is 2.06. The number of benzene rings is 1.